The Balaban J connectivity index is 2.31. The van der Waals surface area contributed by atoms with Crippen LogP contribution in [0.4, 0.5) is 0 Å². The van der Waals surface area contributed by atoms with Crippen LogP contribution in [0.2, 0.25) is 0 Å². The molecule has 106 valence electrons. The molecule has 0 bridgehead atoms. The summed E-state index contributed by atoms with van der Waals surface area (Å²) in [5.41, 5.74) is 8.37. The molecule has 2 aromatic carbocycles. The molecule has 0 heterocycles. The maximum atomic E-state index is 5.98. The van der Waals surface area contributed by atoms with Crippen LogP contribution in [0.3, 0.4) is 0 Å². The van der Waals surface area contributed by atoms with Crippen molar-refractivity contribution in [2.75, 3.05) is 13.7 Å². The van der Waals surface area contributed by atoms with Gasteiger partial charge >= 0.3 is 0 Å². The summed E-state index contributed by atoms with van der Waals surface area (Å²) in [7, 11) is 1.70. The second-order valence-electron chi connectivity index (χ2n) is 4.61. The maximum absolute atomic E-state index is 5.98. The zero-order valence-corrected chi connectivity index (χ0v) is 14.4. The SMILES string of the molecule is COc1ccc(Br)cc1CC(CN)c1ccccc1Br. The second kappa shape index (κ2) is 7.25. The third-order valence-corrected chi connectivity index (χ3v) is 4.55. The molecule has 0 aliphatic carbocycles. The molecule has 1 unspecified atom stereocenters. The summed E-state index contributed by atoms with van der Waals surface area (Å²) in [5, 5.41) is 0. The van der Waals surface area contributed by atoms with Crippen LogP contribution in [0, 0.1) is 0 Å². The van der Waals surface area contributed by atoms with Crippen LogP contribution in [0.5, 0.6) is 5.75 Å². The van der Waals surface area contributed by atoms with Gasteiger partial charge in [0.15, 0.2) is 0 Å². The van der Waals surface area contributed by atoms with Gasteiger partial charge in [-0.15, -0.1) is 0 Å². The summed E-state index contributed by atoms with van der Waals surface area (Å²) in [6.45, 7) is 0.596. The lowest BCUT2D eigenvalue weighted by molar-refractivity contribution is 0.408. The highest BCUT2D eigenvalue weighted by atomic mass is 79.9. The molecular formula is C16H17Br2NO. The lowest BCUT2D eigenvalue weighted by Gasteiger charge is -2.18. The van der Waals surface area contributed by atoms with Gasteiger partial charge in [-0.1, -0.05) is 50.1 Å². The predicted molar refractivity (Wildman–Crippen MR) is 90.3 cm³/mol. The van der Waals surface area contributed by atoms with E-state index in [4.69, 9.17) is 10.5 Å². The first-order valence-electron chi connectivity index (χ1n) is 6.42. The molecule has 0 saturated carbocycles. The Morgan fingerprint density at radius 1 is 1.15 bits per heavy atom. The van der Waals surface area contributed by atoms with E-state index < -0.39 is 0 Å². The van der Waals surface area contributed by atoms with E-state index in [0.29, 0.717) is 6.54 Å². The summed E-state index contributed by atoms with van der Waals surface area (Å²) >= 11 is 7.12. The van der Waals surface area contributed by atoms with E-state index in [1.54, 1.807) is 7.11 Å². The number of hydrogen-bond acceptors (Lipinski definition) is 2. The molecule has 4 heteroatoms. The zero-order valence-electron chi connectivity index (χ0n) is 11.3. The first-order chi connectivity index (χ1) is 9.65. The van der Waals surface area contributed by atoms with Crippen molar-refractivity contribution in [3.8, 4) is 5.75 Å². The molecule has 2 nitrogen and oxygen atoms in total. The fourth-order valence-electron chi connectivity index (χ4n) is 2.30. The van der Waals surface area contributed by atoms with Crippen molar-refractivity contribution in [3.63, 3.8) is 0 Å². The minimum absolute atomic E-state index is 0.258. The molecule has 2 N–H and O–H groups in total. The number of methoxy groups -OCH3 is 1. The maximum Gasteiger partial charge on any atom is 0.122 e. The monoisotopic (exact) mass is 397 g/mol. The second-order valence-corrected chi connectivity index (χ2v) is 6.38. The number of nitrogens with two attached hydrogens (primary N) is 1. The van der Waals surface area contributed by atoms with Crippen LogP contribution < -0.4 is 10.5 Å². The molecule has 0 aromatic heterocycles. The van der Waals surface area contributed by atoms with Crippen LogP contribution in [0.25, 0.3) is 0 Å². The van der Waals surface area contributed by atoms with Gasteiger partial charge in [-0.2, -0.15) is 0 Å². The first-order valence-corrected chi connectivity index (χ1v) is 8.01. The minimum Gasteiger partial charge on any atom is -0.496 e. The average molecular weight is 399 g/mol. The summed E-state index contributed by atoms with van der Waals surface area (Å²) in [6.07, 6.45) is 0.849. The highest BCUT2D eigenvalue weighted by Crippen LogP contribution is 2.31. The largest absolute Gasteiger partial charge is 0.496 e. The smallest absolute Gasteiger partial charge is 0.122 e. The van der Waals surface area contributed by atoms with E-state index in [9.17, 15) is 0 Å². The molecule has 2 rings (SSSR count). The van der Waals surface area contributed by atoms with Crippen molar-refractivity contribution in [3.05, 3.63) is 62.5 Å². The molecular weight excluding hydrogens is 382 g/mol. The van der Waals surface area contributed by atoms with Crippen LogP contribution in [0.15, 0.2) is 51.4 Å². The summed E-state index contributed by atoms with van der Waals surface area (Å²) in [5.74, 6) is 1.16. The highest BCUT2D eigenvalue weighted by Gasteiger charge is 2.16. The topological polar surface area (TPSA) is 35.2 Å². The van der Waals surface area contributed by atoms with Gasteiger partial charge < -0.3 is 10.5 Å². The van der Waals surface area contributed by atoms with Gasteiger partial charge in [0.2, 0.25) is 0 Å². The molecule has 0 aliphatic heterocycles. The normalized spacial score (nSPS) is 12.2. The molecule has 0 fully saturated rings. The van der Waals surface area contributed by atoms with Gasteiger partial charge in [0.1, 0.15) is 5.75 Å². The number of rotatable bonds is 5. The van der Waals surface area contributed by atoms with Crippen molar-refractivity contribution in [1.29, 1.82) is 0 Å². The van der Waals surface area contributed by atoms with E-state index >= 15 is 0 Å². The first kappa shape index (κ1) is 15.5. The van der Waals surface area contributed by atoms with Crippen molar-refractivity contribution >= 4 is 31.9 Å². The van der Waals surface area contributed by atoms with Crippen LogP contribution in [-0.4, -0.2) is 13.7 Å². The third-order valence-electron chi connectivity index (χ3n) is 3.34. The Kier molecular flexibility index (Phi) is 5.64. The minimum atomic E-state index is 0.258. The standard InChI is InChI=1S/C16H17Br2NO/c1-20-16-7-6-13(17)9-11(16)8-12(10-19)14-4-2-3-5-15(14)18/h2-7,9,12H,8,10,19H2,1H3. The van der Waals surface area contributed by atoms with E-state index in [-0.39, 0.29) is 5.92 Å². The summed E-state index contributed by atoms with van der Waals surface area (Å²) < 4.78 is 7.59. The molecule has 0 spiro atoms. The average Bonchev–Trinajstić information content (AvgIpc) is 2.46. The molecule has 1 atom stereocenters. The zero-order chi connectivity index (χ0) is 14.5. The van der Waals surface area contributed by atoms with Gasteiger partial charge in [-0.3, -0.25) is 0 Å². The van der Waals surface area contributed by atoms with E-state index in [2.05, 4.69) is 50.1 Å². The van der Waals surface area contributed by atoms with Crippen LogP contribution >= 0.6 is 31.9 Å². The summed E-state index contributed by atoms with van der Waals surface area (Å²) in [4.78, 5) is 0. The summed E-state index contributed by atoms with van der Waals surface area (Å²) in [6, 6.07) is 14.3. The van der Waals surface area contributed by atoms with Crippen LogP contribution in [0.1, 0.15) is 17.0 Å². The number of ether oxygens (including phenoxy) is 1. The molecule has 0 aliphatic rings. The number of hydrogen-bond donors (Lipinski definition) is 1. The number of halogens is 2. The Labute approximate surface area is 136 Å². The van der Waals surface area contributed by atoms with Gasteiger partial charge in [0.25, 0.3) is 0 Å². The Hall–Kier alpha value is -0.840. The van der Waals surface area contributed by atoms with Gasteiger partial charge in [-0.05, 0) is 48.4 Å². The number of benzene rings is 2. The van der Waals surface area contributed by atoms with Crippen molar-refractivity contribution in [2.24, 2.45) is 5.73 Å². The Morgan fingerprint density at radius 3 is 2.55 bits per heavy atom. The molecule has 20 heavy (non-hydrogen) atoms. The van der Waals surface area contributed by atoms with Gasteiger partial charge in [0, 0.05) is 14.9 Å². The van der Waals surface area contributed by atoms with Crippen molar-refractivity contribution < 1.29 is 4.74 Å². The van der Waals surface area contributed by atoms with E-state index in [1.165, 1.54) is 5.56 Å². The van der Waals surface area contributed by atoms with E-state index in [0.717, 1.165) is 26.7 Å². The lowest BCUT2D eigenvalue weighted by atomic mass is 9.92. The molecule has 0 radical (unpaired) electrons. The predicted octanol–water partition coefficient (Wildman–Crippen LogP) is 4.51. The van der Waals surface area contributed by atoms with Crippen LogP contribution in [-0.2, 0) is 6.42 Å². The van der Waals surface area contributed by atoms with Crippen molar-refractivity contribution in [2.45, 2.75) is 12.3 Å². The van der Waals surface area contributed by atoms with E-state index in [1.807, 2.05) is 24.3 Å². The molecule has 0 saturated heterocycles. The van der Waals surface area contributed by atoms with Crippen molar-refractivity contribution in [1.82, 2.24) is 0 Å². The third kappa shape index (κ3) is 3.62. The Bertz CT molecular complexity index is 586. The lowest BCUT2D eigenvalue weighted by Crippen LogP contribution is -2.16. The molecule has 0 amide bonds. The molecule has 2 aromatic rings. The van der Waals surface area contributed by atoms with Gasteiger partial charge in [0.05, 0.1) is 7.11 Å². The fraction of sp³-hybridized carbons (Fsp3) is 0.250. The fourth-order valence-corrected chi connectivity index (χ4v) is 3.32. The highest BCUT2D eigenvalue weighted by molar-refractivity contribution is 9.10. The quantitative estimate of drug-likeness (QED) is 0.804. The Morgan fingerprint density at radius 2 is 1.90 bits per heavy atom. The van der Waals surface area contributed by atoms with Gasteiger partial charge in [-0.25, -0.2) is 0 Å².